The number of fused-ring (bicyclic) bond motifs is 3. The Morgan fingerprint density at radius 1 is 0.795 bits per heavy atom. The van der Waals surface area contributed by atoms with E-state index in [0.29, 0.717) is 55.9 Å². The van der Waals surface area contributed by atoms with E-state index < -0.39 is 5.54 Å². The molecule has 4 aromatic carbocycles. The number of aryl methyl sites for hydroxylation is 1. The number of hydrogen-bond acceptors (Lipinski definition) is 5. The van der Waals surface area contributed by atoms with Crippen molar-refractivity contribution in [2.24, 2.45) is 0 Å². The van der Waals surface area contributed by atoms with Gasteiger partial charge in [-0.1, -0.05) is 61.5 Å². The molecule has 228 valence electrons. The molecule has 0 N–H and O–H groups in total. The maximum atomic E-state index is 14.5. The lowest BCUT2D eigenvalue weighted by atomic mass is 9.80. The van der Waals surface area contributed by atoms with Crippen LogP contribution in [0, 0.1) is 6.92 Å². The zero-order valence-electron chi connectivity index (χ0n) is 26.4. The lowest BCUT2D eigenvalue weighted by Crippen LogP contribution is -2.52. The summed E-state index contributed by atoms with van der Waals surface area (Å²) < 4.78 is 13.2. The van der Waals surface area contributed by atoms with Gasteiger partial charge in [-0.25, -0.2) is 0 Å². The molecule has 1 aromatic heterocycles. The van der Waals surface area contributed by atoms with Gasteiger partial charge in [0.25, 0.3) is 0 Å². The molecule has 1 unspecified atom stereocenters. The summed E-state index contributed by atoms with van der Waals surface area (Å²) in [6, 6.07) is 29.8. The average molecular weight is 591 g/mol. The van der Waals surface area contributed by atoms with E-state index in [4.69, 9.17) is 9.47 Å². The van der Waals surface area contributed by atoms with E-state index in [1.807, 2.05) is 99.9 Å². The van der Waals surface area contributed by atoms with E-state index in [9.17, 15) is 9.59 Å². The predicted octanol–water partition coefficient (Wildman–Crippen LogP) is 7.13. The molecule has 1 heterocycles. The third kappa shape index (κ3) is 6.11. The molecule has 5 rings (SSSR count). The van der Waals surface area contributed by atoms with E-state index in [1.54, 1.807) is 7.11 Å². The minimum Gasteiger partial charge on any atom is -0.382 e. The molecule has 0 saturated carbocycles. The summed E-state index contributed by atoms with van der Waals surface area (Å²) in [7, 11) is 5.64. The lowest BCUT2D eigenvalue weighted by molar-refractivity contribution is 0.0666. The molecular formula is C38H42N2O4. The fourth-order valence-electron chi connectivity index (χ4n) is 6.26. The van der Waals surface area contributed by atoms with Gasteiger partial charge in [-0.05, 0) is 81.4 Å². The molecule has 0 bridgehead atoms. The van der Waals surface area contributed by atoms with Crippen molar-refractivity contribution in [3.63, 3.8) is 0 Å². The highest BCUT2D eigenvalue weighted by Gasteiger charge is 2.39. The lowest BCUT2D eigenvalue weighted by Gasteiger charge is -2.38. The van der Waals surface area contributed by atoms with Gasteiger partial charge in [0.2, 0.25) is 0 Å². The van der Waals surface area contributed by atoms with Crippen molar-refractivity contribution in [3.8, 4) is 0 Å². The Bertz CT molecular complexity index is 1770. The van der Waals surface area contributed by atoms with E-state index in [-0.39, 0.29) is 11.6 Å². The molecule has 6 heteroatoms. The van der Waals surface area contributed by atoms with Crippen LogP contribution < -0.4 is 0 Å². The quantitative estimate of drug-likeness (QED) is 0.102. The van der Waals surface area contributed by atoms with Crippen molar-refractivity contribution in [2.45, 2.75) is 38.8 Å². The number of aromatic nitrogens is 1. The number of Topliss-reactive ketones (excluding diaryl/α,β-unsaturated/α-hetero) is 1. The van der Waals surface area contributed by atoms with Crippen LogP contribution in [0.5, 0.6) is 0 Å². The highest BCUT2D eigenvalue weighted by Crippen LogP contribution is 2.34. The number of ketones is 2. The molecule has 0 spiro atoms. The van der Waals surface area contributed by atoms with Gasteiger partial charge in [-0.15, -0.1) is 0 Å². The summed E-state index contributed by atoms with van der Waals surface area (Å²) in [5.41, 5.74) is 5.35. The second kappa shape index (κ2) is 13.7. The van der Waals surface area contributed by atoms with Gasteiger partial charge < -0.3 is 14.0 Å². The van der Waals surface area contributed by atoms with Crippen molar-refractivity contribution < 1.29 is 19.1 Å². The van der Waals surface area contributed by atoms with Crippen LogP contribution in [-0.4, -0.2) is 67.6 Å². The Balaban J connectivity index is 1.62. The van der Waals surface area contributed by atoms with Crippen LogP contribution in [0.15, 0.2) is 91.0 Å². The van der Waals surface area contributed by atoms with Gasteiger partial charge in [-0.3, -0.25) is 14.5 Å². The van der Waals surface area contributed by atoms with Crippen LogP contribution in [0.4, 0.5) is 0 Å². The first-order chi connectivity index (χ1) is 21.3. The van der Waals surface area contributed by atoms with Crippen molar-refractivity contribution in [2.75, 3.05) is 41.0 Å². The van der Waals surface area contributed by atoms with Gasteiger partial charge in [0.1, 0.15) is 0 Å². The minimum absolute atomic E-state index is 0.0125. The number of likely N-dealkylation sites (N-methyl/N-ethyl adjacent to an activating group) is 1. The van der Waals surface area contributed by atoms with Crippen LogP contribution in [-0.2, 0) is 22.4 Å². The highest BCUT2D eigenvalue weighted by atomic mass is 16.5. The molecule has 44 heavy (non-hydrogen) atoms. The van der Waals surface area contributed by atoms with E-state index >= 15 is 0 Å². The van der Waals surface area contributed by atoms with Gasteiger partial charge in [0.15, 0.2) is 11.6 Å². The Labute approximate surface area is 260 Å². The molecule has 0 aliphatic rings. The Morgan fingerprint density at radius 2 is 1.43 bits per heavy atom. The first-order valence-corrected chi connectivity index (χ1v) is 15.3. The molecule has 0 aliphatic heterocycles. The first-order valence-electron chi connectivity index (χ1n) is 15.3. The summed E-state index contributed by atoms with van der Waals surface area (Å²) in [5.74, 6) is 0.0770. The van der Waals surface area contributed by atoms with Gasteiger partial charge in [0.05, 0.1) is 25.4 Å². The second-order valence-corrected chi connectivity index (χ2v) is 11.6. The zero-order valence-corrected chi connectivity index (χ0v) is 26.4. The molecular weight excluding hydrogens is 548 g/mol. The molecule has 0 saturated heterocycles. The maximum Gasteiger partial charge on any atom is 0.193 e. The van der Waals surface area contributed by atoms with Crippen molar-refractivity contribution >= 4 is 33.4 Å². The molecule has 0 fully saturated rings. The summed E-state index contributed by atoms with van der Waals surface area (Å²) in [5, 5.41) is 1.90. The Kier molecular flexibility index (Phi) is 9.74. The largest absolute Gasteiger partial charge is 0.382 e. The maximum absolute atomic E-state index is 14.5. The van der Waals surface area contributed by atoms with Crippen LogP contribution in [0.1, 0.15) is 50.8 Å². The number of benzene rings is 4. The topological polar surface area (TPSA) is 60.8 Å². The number of rotatable bonds is 14. The van der Waals surface area contributed by atoms with Gasteiger partial charge in [-0.2, -0.15) is 0 Å². The summed E-state index contributed by atoms with van der Waals surface area (Å²) >= 11 is 0. The standard InChI is InChI=1S/C38H42N2O4/c1-6-38(39(3)4,26-28-13-8-7-9-14-28)37(42)30-17-19-35-33(25-30)32-24-29(36(41)31-15-11-10-12-27(31)2)16-18-34(32)40(35)20-21-44-23-22-43-5/h7-19,24-25H,6,20-23,26H2,1-5H3. The minimum atomic E-state index is -0.700. The summed E-state index contributed by atoms with van der Waals surface area (Å²) in [6.45, 7) is 6.25. The monoisotopic (exact) mass is 590 g/mol. The SMILES string of the molecule is CCC(Cc1ccccc1)(C(=O)c1ccc2c(c1)c1cc(C(=O)c3ccccc3C)ccc1n2CCOCCOC)N(C)C. The molecule has 6 nitrogen and oxygen atoms in total. The normalized spacial score (nSPS) is 13.0. The second-order valence-electron chi connectivity index (χ2n) is 11.6. The number of carbonyl (C=O) groups is 2. The molecule has 0 radical (unpaired) electrons. The van der Waals surface area contributed by atoms with Crippen molar-refractivity contribution in [1.29, 1.82) is 0 Å². The predicted molar refractivity (Wildman–Crippen MR) is 178 cm³/mol. The summed E-state index contributed by atoms with van der Waals surface area (Å²) in [6.07, 6.45) is 1.28. The third-order valence-electron chi connectivity index (χ3n) is 8.87. The summed E-state index contributed by atoms with van der Waals surface area (Å²) in [4.78, 5) is 30.1. The zero-order chi connectivity index (χ0) is 31.3. The molecule has 0 aliphatic carbocycles. The number of ether oxygens (including phenoxy) is 2. The first kappa shape index (κ1) is 31.3. The molecule has 0 amide bonds. The van der Waals surface area contributed by atoms with Crippen LogP contribution in [0.3, 0.4) is 0 Å². The van der Waals surface area contributed by atoms with Crippen LogP contribution >= 0.6 is 0 Å². The van der Waals surface area contributed by atoms with Crippen LogP contribution in [0.25, 0.3) is 21.8 Å². The smallest absolute Gasteiger partial charge is 0.193 e. The number of nitrogens with zero attached hydrogens (tertiary/aromatic N) is 2. The number of hydrogen-bond donors (Lipinski definition) is 0. The average Bonchev–Trinajstić information content (AvgIpc) is 3.35. The van der Waals surface area contributed by atoms with E-state index in [2.05, 4.69) is 28.5 Å². The van der Waals surface area contributed by atoms with E-state index in [1.165, 1.54) is 0 Å². The van der Waals surface area contributed by atoms with Crippen molar-refractivity contribution in [1.82, 2.24) is 9.47 Å². The van der Waals surface area contributed by atoms with E-state index in [0.717, 1.165) is 32.9 Å². The fraction of sp³-hybridized carbons (Fsp3) is 0.316. The number of methoxy groups -OCH3 is 1. The fourth-order valence-corrected chi connectivity index (χ4v) is 6.26. The van der Waals surface area contributed by atoms with Gasteiger partial charge in [0, 0.05) is 52.2 Å². The third-order valence-corrected chi connectivity index (χ3v) is 8.87. The van der Waals surface area contributed by atoms with Gasteiger partial charge >= 0.3 is 0 Å². The highest BCUT2D eigenvalue weighted by molar-refractivity contribution is 6.16. The molecule has 1 atom stereocenters. The van der Waals surface area contributed by atoms with Crippen LogP contribution in [0.2, 0.25) is 0 Å². The van der Waals surface area contributed by atoms with Crippen molar-refractivity contribution in [3.05, 3.63) is 119 Å². The Morgan fingerprint density at radius 3 is 2.07 bits per heavy atom. The number of carbonyl (C=O) groups excluding carboxylic acids is 2. The Hall–Kier alpha value is -4.10. The molecule has 5 aromatic rings.